The van der Waals surface area contributed by atoms with Crippen LogP contribution in [0.25, 0.3) is 0 Å². The van der Waals surface area contributed by atoms with Gasteiger partial charge in [-0.25, -0.2) is 9.37 Å². The van der Waals surface area contributed by atoms with E-state index in [1.165, 1.54) is 23.5 Å². The fourth-order valence-corrected chi connectivity index (χ4v) is 4.19. The SMILES string of the molecule is Cc1nc(CN2CCN(C(=O)COc3ccccc3F)CC2)sc1C(=O)N(C)C. The molecule has 0 aliphatic carbocycles. The summed E-state index contributed by atoms with van der Waals surface area (Å²) in [5, 5.41) is 0.898. The lowest BCUT2D eigenvalue weighted by molar-refractivity contribution is -0.135. The van der Waals surface area contributed by atoms with Gasteiger partial charge in [0.25, 0.3) is 11.8 Å². The number of rotatable bonds is 6. The minimum Gasteiger partial charge on any atom is -0.481 e. The van der Waals surface area contributed by atoms with Crippen molar-refractivity contribution in [3.05, 3.63) is 45.7 Å². The number of thiazole rings is 1. The summed E-state index contributed by atoms with van der Waals surface area (Å²) >= 11 is 1.42. The minimum atomic E-state index is -0.476. The Morgan fingerprint density at radius 3 is 2.55 bits per heavy atom. The number of nitrogens with zero attached hydrogens (tertiary/aromatic N) is 4. The average molecular weight is 421 g/mol. The maximum Gasteiger partial charge on any atom is 0.265 e. The van der Waals surface area contributed by atoms with Crippen molar-refractivity contribution in [3.8, 4) is 5.75 Å². The number of benzene rings is 1. The Morgan fingerprint density at radius 2 is 1.90 bits per heavy atom. The number of piperazine rings is 1. The van der Waals surface area contributed by atoms with Gasteiger partial charge in [0.15, 0.2) is 18.2 Å². The van der Waals surface area contributed by atoms with Crippen molar-refractivity contribution in [2.24, 2.45) is 0 Å². The molecule has 0 saturated carbocycles. The molecule has 156 valence electrons. The summed E-state index contributed by atoms with van der Waals surface area (Å²) < 4.78 is 18.9. The van der Waals surface area contributed by atoms with E-state index < -0.39 is 5.82 Å². The molecular weight excluding hydrogens is 395 g/mol. The van der Waals surface area contributed by atoms with Crippen LogP contribution < -0.4 is 4.74 Å². The molecule has 1 aromatic carbocycles. The van der Waals surface area contributed by atoms with Gasteiger partial charge in [-0.15, -0.1) is 11.3 Å². The van der Waals surface area contributed by atoms with Gasteiger partial charge < -0.3 is 14.5 Å². The Balaban J connectivity index is 1.48. The van der Waals surface area contributed by atoms with E-state index in [1.807, 2.05) is 6.92 Å². The molecule has 1 aliphatic rings. The molecule has 1 saturated heterocycles. The van der Waals surface area contributed by atoms with Gasteiger partial charge in [-0.1, -0.05) is 12.1 Å². The Labute approximate surface area is 173 Å². The number of amides is 2. The highest BCUT2D eigenvalue weighted by Crippen LogP contribution is 2.21. The number of hydrogen-bond acceptors (Lipinski definition) is 6. The lowest BCUT2D eigenvalue weighted by Gasteiger charge is -2.34. The van der Waals surface area contributed by atoms with E-state index in [2.05, 4.69) is 9.88 Å². The maximum atomic E-state index is 13.6. The van der Waals surface area contributed by atoms with Crippen molar-refractivity contribution in [2.75, 3.05) is 46.9 Å². The molecule has 0 N–H and O–H groups in total. The van der Waals surface area contributed by atoms with Crippen molar-refractivity contribution in [2.45, 2.75) is 13.5 Å². The zero-order chi connectivity index (χ0) is 21.0. The highest BCUT2D eigenvalue weighted by Gasteiger charge is 2.23. The third kappa shape index (κ3) is 5.30. The first kappa shape index (κ1) is 21.2. The second-order valence-electron chi connectivity index (χ2n) is 7.10. The number of carbonyl (C=O) groups is 2. The van der Waals surface area contributed by atoms with E-state index in [9.17, 15) is 14.0 Å². The van der Waals surface area contributed by atoms with Gasteiger partial charge in [-0.3, -0.25) is 14.5 Å². The molecular formula is C20H25FN4O3S. The lowest BCUT2D eigenvalue weighted by atomic mass is 10.3. The molecule has 9 heteroatoms. The standard InChI is InChI=1S/C20H25FN4O3S/c1-14-19(20(27)23(2)3)29-17(22-14)12-24-8-10-25(11-9-24)18(26)13-28-16-7-5-4-6-15(16)21/h4-7H,8-13H2,1-3H3. The van der Waals surface area contributed by atoms with E-state index in [4.69, 9.17) is 4.74 Å². The Kier molecular flexibility index (Phi) is 6.81. The molecule has 1 aromatic heterocycles. The van der Waals surface area contributed by atoms with Gasteiger partial charge in [0, 0.05) is 40.3 Å². The third-order valence-electron chi connectivity index (χ3n) is 4.71. The van der Waals surface area contributed by atoms with Crippen LogP contribution in [0, 0.1) is 12.7 Å². The summed E-state index contributed by atoms with van der Waals surface area (Å²) in [5.41, 5.74) is 0.753. The Bertz CT molecular complexity index is 878. The van der Waals surface area contributed by atoms with E-state index in [-0.39, 0.29) is 24.2 Å². The van der Waals surface area contributed by atoms with Crippen LogP contribution in [0.15, 0.2) is 24.3 Å². The van der Waals surface area contributed by atoms with Crippen molar-refractivity contribution in [1.29, 1.82) is 0 Å². The normalized spacial score (nSPS) is 14.7. The van der Waals surface area contributed by atoms with Gasteiger partial charge in [0.1, 0.15) is 9.88 Å². The highest BCUT2D eigenvalue weighted by molar-refractivity contribution is 7.13. The second kappa shape index (κ2) is 9.32. The molecule has 3 rings (SSSR count). The third-order valence-corrected chi connectivity index (χ3v) is 5.84. The number of para-hydroxylation sites is 1. The molecule has 0 atom stereocenters. The first-order valence-electron chi connectivity index (χ1n) is 9.40. The number of aromatic nitrogens is 1. The van der Waals surface area contributed by atoms with Crippen LogP contribution >= 0.6 is 11.3 Å². The summed E-state index contributed by atoms with van der Waals surface area (Å²) in [4.78, 5) is 35.2. The molecule has 2 amide bonds. The van der Waals surface area contributed by atoms with Gasteiger partial charge in [-0.2, -0.15) is 0 Å². The summed E-state index contributed by atoms with van der Waals surface area (Å²) in [6.07, 6.45) is 0. The van der Waals surface area contributed by atoms with Crippen LogP contribution in [0.2, 0.25) is 0 Å². The first-order valence-corrected chi connectivity index (χ1v) is 10.2. The van der Waals surface area contributed by atoms with Crippen LogP contribution in [-0.2, 0) is 11.3 Å². The van der Waals surface area contributed by atoms with Crippen LogP contribution in [0.3, 0.4) is 0 Å². The van der Waals surface area contributed by atoms with Crippen molar-refractivity contribution in [1.82, 2.24) is 19.7 Å². The molecule has 0 spiro atoms. The minimum absolute atomic E-state index is 0.0310. The average Bonchev–Trinajstić information content (AvgIpc) is 3.07. The quantitative estimate of drug-likeness (QED) is 0.715. The molecule has 1 aliphatic heterocycles. The van der Waals surface area contributed by atoms with Crippen LogP contribution in [0.1, 0.15) is 20.4 Å². The topological polar surface area (TPSA) is 66.0 Å². The van der Waals surface area contributed by atoms with Crippen LogP contribution in [0.4, 0.5) is 4.39 Å². The Morgan fingerprint density at radius 1 is 1.21 bits per heavy atom. The summed E-state index contributed by atoms with van der Waals surface area (Å²) in [6.45, 7) is 4.90. The summed E-state index contributed by atoms with van der Waals surface area (Å²) in [7, 11) is 3.46. The van der Waals surface area contributed by atoms with Gasteiger partial charge >= 0.3 is 0 Å². The van der Waals surface area contributed by atoms with Crippen molar-refractivity contribution < 1.29 is 18.7 Å². The second-order valence-corrected chi connectivity index (χ2v) is 8.18. The zero-order valence-corrected chi connectivity index (χ0v) is 17.7. The van der Waals surface area contributed by atoms with E-state index in [1.54, 1.807) is 36.0 Å². The van der Waals surface area contributed by atoms with Crippen LogP contribution in [0.5, 0.6) is 5.75 Å². The number of carbonyl (C=O) groups excluding carboxylic acids is 2. The van der Waals surface area contributed by atoms with E-state index >= 15 is 0 Å². The van der Waals surface area contributed by atoms with Gasteiger partial charge in [0.05, 0.1) is 12.2 Å². The molecule has 2 aromatic rings. The fraction of sp³-hybridized carbons (Fsp3) is 0.450. The predicted octanol–water partition coefficient (Wildman–Crippen LogP) is 2.02. The highest BCUT2D eigenvalue weighted by atomic mass is 32.1. The number of ether oxygens (including phenoxy) is 1. The lowest BCUT2D eigenvalue weighted by Crippen LogP contribution is -2.49. The fourth-order valence-electron chi connectivity index (χ4n) is 3.06. The van der Waals surface area contributed by atoms with E-state index in [0.29, 0.717) is 37.6 Å². The van der Waals surface area contributed by atoms with Crippen LogP contribution in [-0.4, -0.2) is 78.4 Å². The van der Waals surface area contributed by atoms with Gasteiger partial charge in [-0.05, 0) is 19.1 Å². The molecule has 29 heavy (non-hydrogen) atoms. The first-order chi connectivity index (χ1) is 13.8. The number of aryl methyl sites for hydroxylation is 1. The Hall–Kier alpha value is -2.52. The zero-order valence-electron chi connectivity index (χ0n) is 16.9. The number of halogens is 1. The van der Waals surface area contributed by atoms with Gasteiger partial charge in [0.2, 0.25) is 0 Å². The smallest absolute Gasteiger partial charge is 0.265 e. The largest absolute Gasteiger partial charge is 0.481 e. The van der Waals surface area contributed by atoms with Crippen molar-refractivity contribution in [3.63, 3.8) is 0 Å². The molecule has 0 unspecified atom stereocenters. The van der Waals surface area contributed by atoms with E-state index in [0.717, 1.165) is 10.7 Å². The molecule has 7 nitrogen and oxygen atoms in total. The summed E-state index contributed by atoms with van der Waals surface area (Å²) in [6, 6.07) is 6.05. The van der Waals surface area contributed by atoms with Crippen molar-refractivity contribution >= 4 is 23.2 Å². The maximum absolute atomic E-state index is 13.6. The predicted molar refractivity (Wildman–Crippen MR) is 109 cm³/mol. The molecule has 2 heterocycles. The monoisotopic (exact) mass is 420 g/mol. The molecule has 1 fully saturated rings. The summed E-state index contributed by atoms with van der Waals surface area (Å²) in [5.74, 6) is -0.578. The number of hydrogen-bond donors (Lipinski definition) is 0. The molecule has 0 radical (unpaired) electrons. The molecule has 0 bridgehead atoms.